The number of para-hydroxylation sites is 1. The molecule has 2 N–H and O–H groups in total. The zero-order valence-corrected chi connectivity index (χ0v) is 13.5. The predicted octanol–water partition coefficient (Wildman–Crippen LogP) is 3.00. The molecule has 0 aliphatic heterocycles. The van der Waals surface area contributed by atoms with Crippen molar-refractivity contribution in [2.75, 3.05) is 7.05 Å². The van der Waals surface area contributed by atoms with Gasteiger partial charge in [0.05, 0.1) is 6.21 Å². The maximum atomic E-state index is 5.89. The zero-order valence-electron chi connectivity index (χ0n) is 12.7. The largest absolute Gasteiger partial charge is 0.488 e. The normalized spacial score (nSPS) is 10.5. The number of aryl methyl sites for hydroxylation is 1. The summed E-state index contributed by atoms with van der Waals surface area (Å²) in [6, 6.07) is 16.0. The van der Waals surface area contributed by atoms with Crippen LogP contribution in [0.2, 0.25) is 0 Å². The van der Waals surface area contributed by atoms with E-state index < -0.39 is 0 Å². The monoisotopic (exact) mass is 313 g/mol. The summed E-state index contributed by atoms with van der Waals surface area (Å²) >= 11 is 4.96. The zero-order chi connectivity index (χ0) is 15.8. The van der Waals surface area contributed by atoms with Crippen LogP contribution in [0.4, 0.5) is 0 Å². The quantitative estimate of drug-likeness (QED) is 0.506. The molecule has 0 atom stereocenters. The fourth-order valence-electron chi connectivity index (χ4n) is 1.90. The van der Waals surface area contributed by atoms with Crippen molar-refractivity contribution >= 4 is 23.5 Å². The summed E-state index contributed by atoms with van der Waals surface area (Å²) in [4.78, 5) is 0. The summed E-state index contributed by atoms with van der Waals surface area (Å²) in [5.74, 6) is 0.782. The summed E-state index contributed by atoms with van der Waals surface area (Å²) in [5.41, 5.74) is 5.98. The lowest BCUT2D eigenvalue weighted by Gasteiger charge is -2.09. The van der Waals surface area contributed by atoms with E-state index in [0.29, 0.717) is 11.7 Å². The number of rotatable bonds is 5. The lowest BCUT2D eigenvalue weighted by atomic mass is 10.1. The molecule has 5 heteroatoms. The molecule has 0 spiro atoms. The van der Waals surface area contributed by atoms with Gasteiger partial charge in [0.15, 0.2) is 5.11 Å². The molecule has 2 rings (SSSR count). The molecule has 0 fully saturated rings. The van der Waals surface area contributed by atoms with Crippen molar-refractivity contribution in [2.24, 2.45) is 5.10 Å². The van der Waals surface area contributed by atoms with E-state index in [1.807, 2.05) is 30.3 Å². The summed E-state index contributed by atoms with van der Waals surface area (Å²) in [7, 11) is 1.74. The van der Waals surface area contributed by atoms with Gasteiger partial charge in [-0.25, -0.2) is 0 Å². The van der Waals surface area contributed by atoms with E-state index in [2.05, 4.69) is 41.0 Å². The van der Waals surface area contributed by atoms with Crippen molar-refractivity contribution in [3.63, 3.8) is 0 Å². The van der Waals surface area contributed by atoms with Crippen LogP contribution in [0.3, 0.4) is 0 Å². The number of hydrogen-bond donors (Lipinski definition) is 2. The number of nitrogens with zero attached hydrogens (tertiary/aromatic N) is 1. The number of hydrogen-bond acceptors (Lipinski definition) is 3. The first kappa shape index (κ1) is 16.0. The highest BCUT2D eigenvalue weighted by Crippen LogP contribution is 2.17. The van der Waals surface area contributed by atoms with E-state index in [-0.39, 0.29) is 0 Å². The van der Waals surface area contributed by atoms with E-state index >= 15 is 0 Å². The fourth-order valence-corrected chi connectivity index (χ4v) is 1.95. The number of thiocarbonyl (C=S) groups is 1. The Kier molecular flexibility index (Phi) is 5.91. The maximum absolute atomic E-state index is 5.89. The molecule has 0 amide bonds. The average molecular weight is 313 g/mol. The van der Waals surface area contributed by atoms with Gasteiger partial charge in [-0.05, 0) is 36.8 Å². The highest BCUT2D eigenvalue weighted by atomic mass is 32.1. The predicted molar refractivity (Wildman–Crippen MR) is 94.3 cm³/mol. The molecule has 0 heterocycles. The standard InChI is InChI=1S/C17H19N3OS/c1-13-6-5-7-14(10-13)12-21-16-9-4-3-8-15(16)11-19-20-17(22)18-2/h3-11H,12H2,1-2H3,(H2,18,20,22). The first-order valence-electron chi connectivity index (χ1n) is 6.97. The highest BCUT2D eigenvalue weighted by molar-refractivity contribution is 7.80. The molecule has 0 saturated heterocycles. The van der Waals surface area contributed by atoms with Crippen molar-refractivity contribution in [1.82, 2.24) is 10.7 Å². The number of benzene rings is 2. The van der Waals surface area contributed by atoms with Crippen LogP contribution in [-0.2, 0) is 6.61 Å². The maximum Gasteiger partial charge on any atom is 0.186 e. The second kappa shape index (κ2) is 8.14. The Morgan fingerprint density at radius 2 is 2.05 bits per heavy atom. The van der Waals surface area contributed by atoms with E-state index in [4.69, 9.17) is 17.0 Å². The molecule has 0 aliphatic carbocycles. The minimum Gasteiger partial charge on any atom is -0.488 e. The van der Waals surface area contributed by atoms with E-state index in [9.17, 15) is 0 Å². The third-order valence-electron chi connectivity index (χ3n) is 2.99. The molecule has 114 valence electrons. The molecule has 0 radical (unpaired) electrons. The Balaban J connectivity index is 2.03. The first-order valence-corrected chi connectivity index (χ1v) is 7.38. The fraction of sp³-hybridized carbons (Fsp3) is 0.176. The smallest absolute Gasteiger partial charge is 0.186 e. The van der Waals surface area contributed by atoms with Crippen LogP contribution >= 0.6 is 12.2 Å². The van der Waals surface area contributed by atoms with Gasteiger partial charge in [0, 0.05) is 12.6 Å². The molecule has 2 aromatic rings. The second-order valence-corrected chi connectivity index (χ2v) is 5.17. The van der Waals surface area contributed by atoms with Crippen molar-refractivity contribution in [2.45, 2.75) is 13.5 Å². The molecule has 0 saturated carbocycles. The Morgan fingerprint density at radius 3 is 2.82 bits per heavy atom. The van der Waals surface area contributed by atoms with Crippen molar-refractivity contribution in [3.8, 4) is 5.75 Å². The van der Waals surface area contributed by atoms with Gasteiger partial charge in [-0.3, -0.25) is 5.43 Å². The minimum atomic E-state index is 0.467. The number of hydrazone groups is 1. The van der Waals surface area contributed by atoms with Crippen LogP contribution in [0.15, 0.2) is 53.6 Å². The van der Waals surface area contributed by atoms with Gasteiger partial charge in [0.1, 0.15) is 12.4 Å². The number of nitrogens with one attached hydrogen (secondary N) is 2. The van der Waals surface area contributed by atoms with Crippen LogP contribution in [0.1, 0.15) is 16.7 Å². The number of ether oxygens (including phenoxy) is 1. The molecule has 0 aromatic heterocycles. The van der Waals surface area contributed by atoms with E-state index in [1.54, 1.807) is 13.3 Å². The molecule has 2 aromatic carbocycles. The Bertz CT molecular complexity index is 670. The topological polar surface area (TPSA) is 45.7 Å². The van der Waals surface area contributed by atoms with Crippen molar-refractivity contribution in [1.29, 1.82) is 0 Å². The van der Waals surface area contributed by atoms with Crippen LogP contribution in [0.25, 0.3) is 0 Å². The summed E-state index contributed by atoms with van der Waals surface area (Å²) in [5, 5.41) is 7.34. The third-order valence-corrected chi connectivity index (χ3v) is 3.29. The SMILES string of the molecule is CNC(=S)NN=Cc1ccccc1OCc1cccc(C)c1. The summed E-state index contributed by atoms with van der Waals surface area (Å²) < 4.78 is 5.89. The molecular weight excluding hydrogens is 294 g/mol. The molecule has 4 nitrogen and oxygen atoms in total. The molecule has 0 aliphatic rings. The Morgan fingerprint density at radius 1 is 1.23 bits per heavy atom. The molecular formula is C17H19N3OS. The lowest BCUT2D eigenvalue weighted by molar-refractivity contribution is 0.305. The van der Waals surface area contributed by atoms with Gasteiger partial charge in [-0.15, -0.1) is 0 Å². The van der Waals surface area contributed by atoms with Crippen LogP contribution in [0.5, 0.6) is 5.75 Å². The van der Waals surface area contributed by atoms with Crippen molar-refractivity contribution in [3.05, 3.63) is 65.2 Å². The van der Waals surface area contributed by atoms with E-state index in [0.717, 1.165) is 16.9 Å². The van der Waals surface area contributed by atoms with Gasteiger partial charge in [-0.2, -0.15) is 5.10 Å². The molecule has 22 heavy (non-hydrogen) atoms. The highest BCUT2D eigenvalue weighted by Gasteiger charge is 2.01. The summed E-state index contributed by atoms with van der Waals surface area (Å²) in [6.45, 7) is 2.59. The minimum absolute atomic E-state index is 0.467. The van der Waals surface area contributed by atoms with Crippen LogP contribution in [0, 0.1) is 6.92 Å². The van der Waals surface area contributed by atoms with Gasteiger partial charge in [0.2, 0.25) is 0 Å². The first-order chi connectivity index (χ1) is 10.7. The Hall–Kier alpha value is -2.40. The molecule has 0 bridgehead atoms. The Labute approximate surface area is 136 Å². The second-order valence-electron chi connectivity index (χ2n) is 4.76. The van der Waals surface area contributed by atoms with Crippen LogP contribution < -0.4 is 15.5 Å². The third kappa shape index (κ3) is 4.86. The summed E-state index contributed by atoms with van der Waals surface area (Å²) in [6.07, 6.45) is 1.69. The van der Waals surface area contributed by atoms with Gasteiger partial charge < -0.3 is 10.1 Å². The average Bonchev–Trinajstić information content (AvgIpc) is 2.54. The lowest BCUT2D eigenvalue weighted by Crippen LogP contribution is -2.28. The molecule has 0 unspecified atom stereocenters. The van der Waals surface area contributed by atoms with Crippen LogP contribution in [-0.4, -0.2) is 18.4 Å². The van der Waals surface area contributed by atoms with Crippen molar-refractivity contribution < 1.29 is 4.74 Å². The van der Waals surface area contributed by atoms with Gasteiger partial charge in [0.25, 0.3) is 0 Å². The van der Waals surface area contributed by atoms with Gasteiger partial charge >= 0.3 is 0 Å². The van der Waals surface area contributed by atoms with Gasteiger partial charge in [-0.1, -0.05) is 42.0 Å². The van der Waals surface area contributed by atoms with E-state index in [1.165, 1.54) is 5.56 Å².